The number of nitrogens with two attached hydrogens (primary N) is 2. The van der Waals surface area contributed by atoms with Crippen LogP contribution in [0.15, 0.2) is 24.3 Å². The van der Waals surface area contributed by atoms with Crippen LogP contribution in [0.25, 0.3) is 0 Å². The number of rotatable bonds is 2. The van der Waals surface area contributed by atoms with Crippen molar-refractivity contribution in [1.29, 1.82) is 0 Å². The minimum atomic E-state index is -1.29. The molecule has 5 N–H and O–H groups in total. The highest BCUT2D eigenvalue weighted by molar-refractivity contribution is 5.65. The highest BCUT2D eigenvalue weighted by Crippen LogP contribution is 2.24. The molecule has 1 heterocycles. The fourth-order valence-electron chi connectivity index (χ4n) is 1.34. The number of nitrogen functional groups attached to an aromatic ring is 2. The van der Waals surface area contributed by atoms with Gasteiger partial charge in [-0.3, -0.25) is 0 Å². The summed E-state index contributed by atoms with van der Waals surface area (Å²) in [6, 6.07) is 4.12. The van der Waals surface area contributed by atoms with E-state index in [4.69, 9.17) is 11.5 Å². The molecule has 0 bridgehead atoms. The molecule has 1 aromatic carbocycles. The summed E-state index contributed by atoms with van der Waals surface area (Å²) in [5, 5.41) is 2.42. The largest absolute Gasteiger partial charge is 0.396 e. The molecule has 0 saturated carbocycles. The molecule has 0 saturated heterocycles. The SMILES string of the molecule is Nc1ccc(Nc2cc(F)cc(F)c2F)nc1N. The second-order valence-corrected chi connectivity index (χ2v) is 3.55. The lowest BCUT2D eigenvalue weighted by molar-refractivity contribution is 0.498. The van der Waals surface area contributed by atoms with E-state index in [0.717, 1.165) is 6.07 Å². The molecule has 7 heteroatoms. The molecule has 4 nitrogen and oxygen atoms in total. The van der Waals surface area contributed by atoms with Gasteiger partial charge < -0.3 is 16.8 Å². The van der Waals surface area contributed by atoms with Gasteiger partial charge in [-0.05, 0) is 12.1 Å². The number of hydrogen-bond acceptors (Lipinski definition) is 4. The predicted molar refractivity (Wildman–Crippen MR) is 62.7 cm³/mol. The maximum absolute atomic E-state index is 13.4. The van der Waals surface area contributed by atoms with Gasteiger partial charge in [-0.1, -0.05) is 0 Å². The second kappa shape index (κ2) is 4.44. The van der Waals surface area contributed by atoms with Gasteiger partial charge in [0.05, 0.1) is 11.4 Å². The Kier molecular flexibility index (Phi) is 2.97. The van der Waals surface area contributed by atoms with Crippen molar-refractivity contribution in [2.75, 3.05) is 16.8 Å². The lowest BCUT2D eigenvalue weighted by Crippen LogP contribution is -2.03. The van der Waals surface area contributed by atoms with Crippen molar-refractivity contribution in [2.45, 2.75) is 0 Å². The summed E-state index contributed by atoms with van der Waals surface area (Å²) in [4.78, 5) is 3.80. The first-order valence-electron chi connectivity index (χ1n) is 4.91. The van der Waals surface area contributed by atoms with Crippen LogP contribution in [0.1, 0.15) is 0 Å². The van der Waals surface area contributed by atoms with E-state index in [2.05, 4.69) is 10.3 Å². The standard InChI is InChI=1S/C11H9F3N4/c12-5-3-6(13)10(14)8(4-5)17-9-2-1-7(15)11(16)18-9/h1-4H,15H2,(H3,16,17,18). The third-order valence-electron chi connectivity index (χ3n) is 2.21. The first kappa shape index (κ1) is 12.0. The van der Waals surface area contributed by atoms with Gasteiger partial charge in [-0.15, -0.1) is 0 Å². The van der Waals surface area contributed by atoms with E-state index in [0.29, 0.717) is 6.07 Å². The molecule has 0 fully saturated rings. The van der Waals surface area contributed by atoms with Crippen LogP contribution in [0.5, 0.6) is 0 Å². The number of benzene rings is 1. The Hall–Kier alpha value is -2.44. The van der Waals surface area contributed by atoms with Crippen molar-refractivity contribution in [1.82, 2.24) is 4.98 Å². The summed E-state index contributed by atoms with van der Waals surface area (Å²) in [7, 11) is 0. The first-order valence-corrected chi connectivity index (χ1v) is 4.91. The number of halogens is 3. The van der Waals surface area contributed by atoms with Gasteiger partial charge in [0.25, 0.3) is 0 Å². The minimum Gasteiger partial charge on any atom is -0.396 e. The van der Waals surface area contributed by atoms with Crippen LogP contribution < -0.4 is 16.8 Å². The van der Waals surface area contributed by atoms with Gasteiger partial charge in [0.2, 0.25) is 0 Å². The second-order valence-electron chi connectivity index (χ2n) is 3.55. The molecule has 0 aliphatic carbocycles. The lowest BCUT2D eigenvalue weighted by atomic mass is 10.2. The number of aromatic nitrogens is 1. The van der Waals surface area contributed by atoms with Crippen LogP contribution in [-0.4, -0.2) is 4.98 Å². The van der Waals surface area contributed by atoms with Crippen LogP contribution in [0.3, 0.4) is 0 Å². The fraction of sp³-hybridized carbons (Fsp3) is 0. The van der Waals surface area contributed by atoms with E-state index >= 15 is 0 Å². The van der Waals surface area contributed by atoms with Crippen LogP contribution in [-0.2, 0) is 0 Å². The Morgan fingerprint density at radius 1 is 1.06 bits per heavy atom. The van der Waals surface area contributed by atoms with Crippen LogP contribution in [0.2, 0.25) is 0 Å². The van der Waals surface area contributed by atoms with Crippen LogP contribution >= 0.6 is 0 Å². The summed E-state index contributed by atoms with van der Waals surface area (Å²) < 4.78 is 39.3. The Morgan fingerprint density at radius 2 is 1.78 bits per heavy atom. The molecule has 2 aromatic rings. The van der Waals surface area contributed by atoms with Gasteiger partial charge in [0, 0.05) is 12.1 Å². The van der Waals surface area contributed by atoms with Crippen molar-refractivity contribution in [3.8, 4) is 0 Å². The molecule has 0 unspecified atom stereocenters. The zero-order valence-corrected chi connectivity index (χ0v) is 9.05. The van der Waals surface area contributed by atoms with Crippen molar-refractivity contribution in [2.24, 2.45) is 0 Å². The Morgan fingerprint density at radius 3 is 2.44 bits per heavy atom. The van der Waals surface area contributed by atoms with E-state index in [1.54, 1.807) is 0 Å². The van der Waals surface area contributed by atoms with Gasteiger partial charge in [-0.2, -0.15) is 0 Å². The molecule has 0 radical (unpaired) electrons. The molecule has 2 rings (SSSR count). The smallest absolute Gasteiger partial charge is 0.182 e. The minimum absolute atomic E-state index is 0.0392. The molecular weight excluding hydrogens is 245 g/mol. The van der Waals surface area contributed by atoms with Crippen LogP contribution in [0.4, 0.5) is 36.2 Å². The summed E-state index contributed by atoms with van der Waals surface area (Å²) in [5.74, 6) is -3.22. The van der Waals surface area contributed by atoms with E-state index in [1.165, 1.54) is 12.1 Å². The highest BCUT2D eigenvalue weighted by atomic mass is 19.2. The first-order chi connectivity index (χ1) is 8.47. The maximum atomic E-state index is 13.4. The lowest BCUT2D eigenvalue weighted by Gasteiger charge is -2.09. The van der Waals surface area contributed by atoms with Crippen LogP contribution in [0, 0.1) is 17.5 Å². The third-order valence-corrected chi connectivity index (χ3v) is 2.21. The molecule has 94 valence electrons. The molecule has 18 heavy (non-hydrogen) atoms. The van der Waals surface area contributed by atoms with E-state index < -0.39 is 17.5 Å². The van der Waals surface area contributed by atoms with E-state index in [9.17, 15) is 13.2 Å². The van der Waals surface area contributed by atoms with Crippen molar-refractivity contribution < 1.29 is 13.2 Å². The summed E-state index contributed by atoms with van der Waals surface area (Å²) >= 11 is 0. The molecule has 0 aliphatic heterocycles. The topological polar surface area (TPSA) is 77.0 Å². The van der Waals surface area contributed by atoms with Gasteiger partial charge >= 0.3 is 0 Å². The molecule has 0 spiro atoms. The van der Waals surface area contributed by atoms with E-state index in [1.807, 2.05) is 0 Å². The number of nitrogens with zero attached hydrogens (tertiary/aromatic N) is 1. The monoisotopic (exact) mass is 254 g/mol. The molecule has 1 aromatic heterocycles. The average Bonchev–Trinajstić information content (AvgIpc) is 2.30. The normalized spacial score (nSPS) is 10.4. The van der Waals surface area contributed by atoms with E-state index in [-0.39, 0.29) is 23.0 Å². The fourth-order valence-corrected chi connectivity index (χ4v) is 1.34. The number of hydrogen-bond donors (Lipinski definition) is 3. The van der Waals surface area contributed by atoms with Crippen molar-refractivity contribution >= 4 is 23.0 Å². The number of anilines is 4. The summed E-state index contributed by atoms with van der Waals surface area (Å²) in [6.07, 6.45) is 0. The van der Waals surface area contributed by atoms with Crippen molar-refractivity contribution in [3.63, 3.8) is 0 Å². The quantitative estimate of drug-likeness (QED) is 0.719. The summed E-state index contributed by atoms with van der Waals surface area (Å²) in [6.45, 7) is 0. The molecule has 0 atom stereocenters. The molecule has 0 amide bonds. The molecule has 0 aliphatic rings. The Balaban J connectivity index is 2.36. The zero-order valence-electron chi connectivity index (χ0n) is 9.05. The Bertz CT molecular complexity index is 601. The van der Waals surface area contributed by atoms with Gasteiger partial charge in [0.1, 0.15) is 17.5 Å². The highest BCUT2D eigenvalue weighted by Gasteiger charge is 2.11. The van der Waals surface area contributed by atoms with Gasteiger partial charge in [-0.25, -0.2) is 18.2 Å². The zero-order chi connectivity index (χ0) is 13.3. The maximum Gasteiger partial charge on any atom is 0.182 e. The summed E-state index contributed by atoms with van der Waals surface area (Å²) in [5.41, 5.74) is 10.8. The third kappa shape index (κ3) is 2.29. The van der Waals surface area contributed by atoms with Crippen molar-refractivity contribution in [3.05, 3.63) is 41.7 Å². The Labute approximate surface area is 100 Å². The molecular formula is C11H9F3N4. The number of pyridine rings is 1. The number of nitrogens with one attached hydrogen (secondary N) is 1. The van der Waals surface area contributed by atoms with Gasteiger partial charge in [0.15, 0.2) is 11.6 Å². The average molecular weight is 254 g/mol. The predicted octanol–water partition coefficient (Wildman–Crippen LogP) is 2.41.